The maximum atomic E-state index is 6.33. The van der Waals surface area contributed by atoms with Crippen molar-refractivity contribution in [3.8, 4) is 0 Å². The average Bonchev–Trinajstić information content (AvgIpc) is 2.49. The molecule has 2 rings (SSSR count). The summed E-state index contributed by atoms with van der Waals surface area (Å²) in [4.78, 5) is 2.28. The van der Waals surface area contributed by atoms with Crippen molar-refractivity contribution in [1.29, 1.82) is 0 Å². The van der Waals surface area contributed by atoms with Gasteiger partial charge in [-0.05, 0) is 19.0 Å². The first kappa shape index (κ1) is 8.73. The van der Waals surface area contributed by atoms with Gasteiger partial charge in [-0.25, -0.2) is 0 Å². The highest BCUT2D eigenvalue weighted by molar-refractivity contribution is 5.25. The van der Waals surface area contributed by atoms with E-state index in [4.69, 9.17) is 5.73 Å². The van der Waals surface area contributed by atoms with Gasteiger partial charge in [0.1, 0.15) is 0 Å². The monoisotopic (exact) mass is 176 g/mol. The minimum absolute atomic E-state index is 0.115. The molecule has 70 valence electrons. The summed E-state index contributed by atoms with van der Waals surface area (Å²) in [7, 11) is 2.12. The second kappa shape index (κ2) is 3.13. The second-order valence-electron chi connectivity index (χ2n) is 4.01. The molecular weight excluding hydrogens is 160 g/mol. The molecule has 0 amide bonds. The van der Waals surface area contributed by atoms with Gasteiger partial charge in [-0.15, -0.1) is 0 Å². The maximum Gasteiger partial charge on any atom is 0.0550 e. The Hall–Kier alpha value is -0.860. The van der Waals surface area contributed by atoms with Crippen molar-refractivity contribution in [2.24, 2.45) is 5.73 Å². The lowest BCUT2D eigenvalue weighted by Gasteiger charge is -2.24. The molecule has 2 nitrogen and oxygen atoms in total. The van der Waals surface area contributed by atoms with E-state index in [1.165, 1.54) is 5.56 Å². The SMILES string of the molecule is CN1CCC(N)(c2ccccc2)C1. The molecule has 0 saturated carbocycles. The lowest BCUT2D eigenvalue weighted by Crippen LogP contribution is -2.38. The molecule has 0 spiro atoms. The van der Waals surface area contributed by atoms with E-state index in [0.717, 1.165) is 19.5 Å². The highest BCUT2D eigenvalue weighted by atomic mass is 15.2. The third-order valence-electron chi connectivity index (χ3n) is 2.84. The molecule has 1 aliphatic rings. The Balaban J connectivity index is 2.26. The highest BCUT2D eigenvalue weighted by Gasteiger charge is 2.33. The number of nitrogens with zero attached hydrogens (tertiary/aromatic N) is 1. The molecule has 13 heavy (non-hydrogen) atoms. The third kappa shape index (κ3) is 1.60. The molecule has 0 aromatic heterocycles. The zero-order valence-corrected chi connectivity index (χ0v) is 8.03. The minimum Gasteiger partial charge on any atom is -0.320 e. The van der Waals surface area contributed by atoms with Crippen molar-refractivity contribution in [1.82, 2.24) is 4.90 Å². The van der Waals surface area contributed by atoms with Crippen LogP contribution in [0.5, 0.6) is 0 Å². The van der Waals surface area contributed by atoms with Crippen LogP contribution >= 0.6 is 0 Å². The summed E-state index contributed by atoms with van der Waals surface area (Å²) in [6.07, 6.45) is 1.06. The van der Waals surface area contributed by atoms with Crippen LogP contribution < -0.4 is 5.73 Å². The summed E-state index contributed by atoms with van der Waals surface area (Å²) in [5.41, 5.74) is 7.48. The third-order valence-corrected chi connectivity index (χ3v) is 2.84. The van der Waals surface area contributed by atoms with Gasteiger partial charge in [-0.3, -0.25) is 0 Å². The fourth-order valence-corrected chi connectivity index (χ4v) is 2.04. The first-order valence-corrected chi connectivity index (χ1v) is 4.74. The van der Waals surface area contributed by atoms with E-state index in [9.17, 15) is 0 Å². The number of hydrogen-bond donors (Lipinski definition) is 1. The van der Waals surface area contributed by atoms with Gasteiger partial charge in [0.2, 0.25) is 0 Å². The summed E-state index contributed by atoms with van der Waals surface area (Å²) >= 11 is 0. The molecule has 0 aliphatic carbocycles. The van der Waals surface area contributed by atoms with Crippen LogP contribution in [0.2, 0.25) is 0 Å². The quantitative estimate of drug-likeness (QED) is 0.696. The van der Waals surface area contributed by atoms with Crippen LogP contribution in [-0.2, 0) is 5.54 Å². The molecule has 1 atom stereocenters. The van der Waals surface area contributed by atoms with E-state index in [2.05, 4.69) is 36.2 Å². The fraction of sp³-hybridized carbons (Fsp3) is 0.455. The first-order chi connectivity index (χ1) is 6.21. The van der Waals surface area contributed by atoms with E-state index < -0.39 is 0 Å². The largest absolute Gasteiger partial charge is 0.320 e. The number of nitrogens with two attached hydrogens (primary N) is 1. The molecule has 1 aliphatic heterocycles. The number of rotatable bonds is 1. The molecule has 2 N–H and O–H groups in total. The number of benzene rings is 1. The summed E-state index contributed by atoms with van der Waals surface area (Å²) in [5, 5.41) is 0. The van der Waals surface area contributed by atoms with Crippen LogP contribution in [0.1, 0.15) is 12.0 Å². The smallest absolute Gasteiger partial charge is 0.0550 e. The summed E-state index contributed by atoms with van der Waals surface area (Å²) in [6.45, 7) is 2.07. The van der Waals surface area contributed by atoms with Crippen LogP contribution in [0.4, 0.5) is 0 Å². The molecule has 1 aromatic carbocycles. The van der Waals surface area contributed by atoms with Crippen LogP contribution in [0.15, 0.2) is 30.3 Å². The molecule has 0 radical (unpaired) electrons. The Morgan fingerprint density at radius 2 is 2.00 bits per heavy atom. The van der Waals surface area contributed by atoms with Gasteiger partial charge in [0.25, 0.3) is 0 Å². The van der Waals surface area contributed by atoms with Gasteiger partial charge >= 0.3 is 0 Å². The lowest BCUT2D eigenvalue weighted by atomic mass is 9.90. The first-order valence-electron chi connectivity index (χ1n) is 4.74. The molecule has 1 unspecified atom stereocenters. The minimum atomic E-state index is -0.115. The van der Waals surface area contributed by atoms with Crippen molar-refractivity contribution >= 4 is 0 Å². The number of likely N-dealkylation sites (N-methyl/N-ethyl adjacent to an activating group) is 1. The van der Waals surface area contributed by atoms with Crippen molar-refractivity contribution in [3.05, 3.63) is 35.9 Å². The summed E-state index contributed by atoms with van der Waals surface area (Å²) in [5.74, 6) is 0. The summed E-state index contributed by atoms with van der Waals surface area (Å²) < 4.78 is 0. The molecular formula is C11H16N2. The normalized spacial score (nSPS) is 29.4. The maximum absolute atomic E-state index is 6.33. The molecule has 1 saturated heterocycles. The van der Waals surface area contributed by atoms with Gasteiger partial charge in [0, 0.05) is 13.1 Å². The van der Waals surface area contributed by atoms with Crippen molar-refractivity contribution in [2.75, 3.05) is 20.1 Å². The molecule has 1 heterocycles. The van der Waals surface area contributed by atoms with Gasteiger partial charge in [0.15, 0.2) is 0 Å². The Morgan fingerprint density at radius 3 is 2.54 bits per heavy atom. The standard InChI is InChI=1S/C11H16N2/c1-13-8-7-11(12,9-13)10-5-3-2-4-6-10/h2-6H,7-9,12H2,1H3. The Kier molecular flexibility index (Phi) is 2.10. The topological polar surface area (TPSA) is 29.3 Å². The van der Waals surface area contributed by atoms with Crippen LogP contribution in [0, 0.1) is 0 Å². The Bertz CT molecular complexity index is 283. The van der Waals surface area contributed by atoms with Crippen molar-refractivity contribution < 1.29 is 0 Å². The van der Waals surface area contributed by atoms with E-state index in [0.29, 0.717) is 0 Å². The zero-order valence-electron chi connectivity index (χ0n) is 8.03. The number of hydrogen-bond acceptors (Lipinski definition) is 2. The molecule has 1 aromatic rings. The van der Waals surface area contributed by atoms with E-state index in [-0.39, 0.29) is 5.54 Å². The van der Waals surface area contributed by atoms with Gasteiger partial charge < -0.3 is 10.6 Å². The Morgan fingerprint density at radius 1 is 1.31 bits per heavy atom. The Labute approximate surface area is 79.4 Å². The molecule has 2 heteroatoms. The van der Waals surface area contributed by atoms with Crippen LogP contribution in [0.25, 0.3) is 0 Å². The lowest BCUT2D eigenvalue weighted by molar-refractivity contribution is 0.373. The van der Waals surface area contributed by atoms with E-state index in [1.54, 1.807) is 0 Å². The van der Waals surface area contributed by atoms with E-state index in [1.807, 2.05) is 6.07 Å². The van der Waals surface area contributed by atoms with Gasteiger partial charge in [-0.2, -0.15) is 0 Å². The molecule has 1 fully saturated rings. The fourth-order valence-electron chi connectivity index (χ4n) is 2.04. The number of likely N-dealkylation sites (tertiary alicyclic amines) is 1. The predicted octanol–water partition coefficient (Wildman–Crippen LogP) is 1.18. The van der Waals surface area contributed by atoms with Crippen molar-refractivity contribution in [2.45, 2.75) is 12.0 Å². The van der Waals surface area contributed by atoms with Gasteiger partial charge in [0.05, 0.1) is 5.54 Å². The predicted molar refractivity (Wildman–Crippen MR) is 54.4 cm³/mol. The van der Waals surface area contributed by atoms with Crippen LogP contribution in [0.3, 0.4) is 0 Å². The van der Waals surface area contributed by atoms with Gasteiger partial charge in [-0.1, -0.05) is 30.3 Å². The average molecular weight is 176 g/mol. The van der Waals surface area contributed by atoms with Crippen molar-refractivity contribution in [3.63, 3.8) is 0 Å². The molecule has 0 bridgehead atoms. The highest BCUT2D eigenvalue weighted by Crippen LogP contribution is 2.27. The second-order valence-corrected chi connectivity index (χ2v) is 4.01. The summed E-state index contributed by atoms with van der Waals surface area (Å²) in [6, 6.07) is 10.4. The van der Waals surface area contributed by atoms with E-state index >= 15 is 0 Å². The zero-order chi connectivity index (χ0) is 9.31. The van der Waals surface area contributed by atoms with Crippen LogP contribution in [-0.4, -0.2) is 25.0 Å².